The molecular weight excluding hydrogens is 466 g/mol. The number of hydrogen-bond donors (Lipinski definition) is 1. The largest absolute Gasteiger partial charge is 0.378 e. The first-order chi connectivity index (χ1) is 16.8. The molecule has 9 heteroatoms. The summed E-state index contributed by atoms with van der Waals surface area (Å²) in [5.41, 5.74) is 3.48. The Hall–Kier alpha value is -2.65. The lowest BCUT2D eigenvalue weighted by molar-refractivity contribution is -0.117. The normalized spacial score (nSPS) is 21.2. The van der Waals surface area contributed by atoms with Crippen LogP contribution in [-0.4, -0.2) is 68.2 Å². The second kappa shape index (κ2) is 11.4. The van der Waals surface area contributed by atoms with Crippen LogP contribution in [0.1, 0.15) is 56.9 Å². The van der Waals surface area contributed by atoms with Gasteiger partial charge in [-0.2, -0.15) is 0 Å². The fourth-order valence-corrected chi connectivity index (χ4v) is 6.41. The molecule has 3 aliphatic rings. The summed E-state index contributed by atoms with van der Waals surface area (Å²) >= 11 is 0. The van der Waals surface area contributed by atoms with E-state index in [0.717, 1.165) is 59.5 Å². The molecule has 1 aromatic rings. The highest BCUT2D eigenvalue weighted by atomic mass is 32.2. The minimum atomic E-state index is -3.81. The quantitative estimate of drug-likeness (QED) is 0.661. The number of benzene rings is 1. The van der Waals surface area contributed by atoms with Crippen LogP contribution in [0.15, 0.2) is 47.2 Å². The summed E-state index contributed by atoms with van der Waals surface area (Å²) in [5, 5.41) is 2.43. The number of amides is 3. The third kappa shape index (κ3) is 6.32. The molecule has 190 valence electrons. The molecule has 35 heavy (non-hydrogen) atoms. The van der Waals surface area contributed by atoms with Crippen molar-refractivity contribution in [2.24, 2.45) is 0 Å². The van der Waals surface area contributed by atoms with E-state index in [4.69, 9.17) is 4.74 Å². The molecule has 1 N–H and O–H groups in total. The van der Waals surface area contributed by atoms with Crippen molar-refractivity contribution in [2.45, 2.75) is 57.4 Å². The fourth-order valence-electron chi connectivity index (χ4n) is 5.31. The number of hydrogen-bond acceptors (Lipinski definition) is 6. The first-order valence-electron chi connectivity index (χ1n) is 12.5. The van der Waals surface area contributed by atoms with Crippen LogP contribution >= 0.6 is 0 Å². The van der Waals surface area contributed by atoms with Gasteiger partial charge in [0.2, 0.25) is 10.0 Å². The number of morpholine rings is 1. The highest BCUT2D eigenvalue weighted by molar-refractivity contribution is 7.88. The van der Waals surface area contributed by atoms with Gasteiger partial charge in [-0.05, 0) is 49.3 Å². The minimum Gasteiger partial charge on any atom is -0.378 e. The average Bonchev–Trinajstić information content (AvgIpc) is 2.85. The van der Waals surface area contributed by atoms with Gasteiger partial charge in [0, 0.05) is 30.4 Å². The molecule has 8 nitrogen and oxygen atoms in total. The number of urea groups is 1. The van der Waals surface area contributed by atoms with E-state index in [0.29, 0.717) is 51.1 Å². The van der Waals surface area contributed by atoms with Crippen LogP contribution in [0.3, 0.4) is 0 Å². The van der Waals surface area contributed by atoms with E-state index in [9.17, 15) is 18.0 Å². The van der Waals surface area contributed by atoms with Gasteiger partial charge in [-0.1, -0.05) is 49.6 Å². The van der Waals surface area contributed by atoms with Gasteiger partial charge in [-0.25, -0.2) is 17.5 Å². The van der Waals surface area contributed by atoms with Crippen molar-refractivity contribution in [3.8, 4) is 0 Å². The van der Waals surface area contributed by atoms with Crippen LogP contribution in [0.4, 0.5) is 4.79 Å². The van der Waals surface area contributed by atoms with Gasteiger partial charge >= 0.3 is 6.03 Å². The third-order valence-electron chi connectivity index (χ3n) is 6.89. The lowest BCUT2D eigenvalue weighted by Gasteiger charge is -2.36. The second-order valence-corrected chi connectivity index (χ2v) is 11.3. The zero-order valence-corrected chi connectivity index (χ0v) is 21.2. The Labute approximate surface area is 208 Å². The van der Waals surface area contributed by atoms with Gasteiger partial charge < -0.3 is 9.64 Å². The topological polar surface area (TPSA) is 96.0 Å². The molecule has 2 aliphatic carbocycles. The number of carbonyl (C=O) groups excluding carboxylic acids is 2. The number of ether oxygens (including phenoxy) is 1. The van der Waals surface area contributed by atoms with Gasteiger partial charge in [0.05, 0.1) is 19.5 Å². The van der Waals surface area contributed by atoms with E-state index in [1.165, 1.54) is 0 Å². The van der Waals surface area contributed by atoms with Crippen molar-refractivity contribution in [3.05, 3.63) is 52.7 Å². The maximum atomic E-state index is 13.5. The molecular formula is C26H35N3O5S. The summed E-state index contributed by atoms with van der Waals surface area (Å²) in [5.74, 6) is -0.514. The maximum Gasteiger partial charge on any atom is 0.338 e. The van der Waals surface area contributed by atoms with Crippen LogP contribution in [-0.2, 0) is 19.6 Å². The second-order valence-electron chi connectivity index (χ2n) is 9.47. The van der Waals surface area contributed by atoms with Gasteiger partial charge in [-0.15, -0.1) is 0 Å². The fraction of sp³-hybridized carbons (Fsp3) is 0.538. The number of imide groups is 1. The smallest absolute Gasteiger partial charge is 0.338 e. The molecule has 0 atom stereocenters. The summed E-state index contributed by atoms with van der Waals surface area (Å²) in [7, 11) is -3.81. The predicted octanol–water partition coefficient (Wildman–Crippen LogP) is 3.67. The van der Waals surface area contributed by atoms with Crippen molar-refractivity contribution >= 4 is 28.0 Å². The first-order valence-corrected chi connectivity index (χ1v) is 14.4. The molecule has 0 unspecified atom stereocenters. The summed E-state index contributed by atoms with van der Waals surface area (Å²) in [6, 6.07) is 8.71. The van der Waals surface area contributed by atoms with Crippen molar-refractivity contribution in [1.29, 1.82) is 0 Å². The number of allylic oxidation sites excluding steroid dienone is 1. The molecule has 0 aromatic heterocycles. The van der Waals surface area contributed by atoms with Crippen LogP contribution < -0.4 is 5.32 Å². The van der Waals surface area contributed by atoms with Crippen LogP contribution in [0.25, 0.3) is 6.08 Å². The SMILES string of the molecule is CS(=O)(=O)N(C(=O)NC(=O)C1=C(N2CCOCC2)C(=Cc2ccccc2)CCC1)C1CCCCC1. The molecule has 2 fully saturated rings. The zero-order chi connectivity index (χ0) is 24.8. The highest BCUT2D eigenvalue weighted by Crippen LogP contribution is 2.34. The van der Waals surface area contributed by atoms with E-state index in [2.05, 4.69) is 16.3 Å². The minimum absolute atomic E-state index is 0.404. The molecule has 1 saturated carbocycles. The van der Waals surface area contributed by atoms with Gasteiger partial charge in [0.25, 0.3) is 5.91 Å². The summed E-state index contributed by atoms with van der Waals surface area (Å²) < 4.78 is 31.4. The zero-order valence-electron chi connectivity index (χ0n) is 20.4. The van der Waals surface area contributed by atoms with Crippen LogP contribution in [0, 0.1) is 0 Å². The van der Waals surface area contributed by atoms with Crippen molar-refractivity contribution in [2.75, 3.05) is 32.6 Å². The molecule has 3 amide bonds. The molecule has 1 aromatic carbocycles. The van der Waals surface area contributed by atoms with E-state index < -0.39 is 28.0 Å². The Balaban J connectivity index is 1.65. The number of sulfonamides is 1. The molecule has 1 saturated heterocycles. The van der Waals surface area contributed by atoms with Gasteiger partial charge in [0.15, 0.2) is 0 Å². The van der Waals surface area contributed by atoms with E-state index in [1.807, 2.05) is 30.3 Å². The number of nitrogens with zero attached hydrogens (tertiary/aromatic N) is 2. The van der Waals surface area contributed by atoms with Crippen LogP contribution in [0.5, 0.6) is 0 Å². The Morgan fingerprint density at radius 3 is 2.37 bits per heavy atom. The molecule has 4 rings (SSSR count). The number of carbonyl (C=O) groups is 2. The molecule has 0 spiro atoms. The summed E-state index contributed by atoms with van der Waals surface area (Å²) in [6.07, 6.45) is 9.29. The lowest BCUT2D eigenvalue weighted by Crippen LogP contribution is -2.51. The lowest BCUT2D eigenvalue weighted by atomic mass is 9.88. The predicted molar refractivity (Wildman–Crippen MR) is 135 cm³/mol. The highest BCUT2D eigenvalue weighted by Gasteiger charge is 2.35. The third-order valence-corrected chi connectivity index (χ3v) is 8.07. The van der Waals surface area contributed by atoms with Crippen LogP contribution in [0.2, 0.25) is 0 Å². The number of nitrogens with one attached hydrogen (secondary N) is 1. The Kier molecular flexibility index (Phi) is 8.28. The standard InChI is InChI=1S/C26H35N3O5S/c1-35(32,33)29(22-12-6-3-7-13-22)26(31)27-25(30)23-14-8-11-21(19-20-9-4-2-5-10-20)24(23)28-15-17-34-18-16-28/h2,4-5,9-10,19,22H,3,6-8,11-18H2,1H3,(H,27,30,31). The summed E-state index contributed by atoms with van der Waals surface area (Å²) in [6.45, 7) is 2.45. The molecule has 0 radical (unpaired) electrons. The monoisotopic (exact) mass is 501 g/mol. The Morgan fingerprint density at radius 2 is 1.71 bits per heavy atom. The average molecular weight is 502 g/mol. The maximum absolute atomic E-state index is 13.5. The van der Waals surface area contributed by atoms with Gasteiger partial charge in [-0.3, -0.25) is 10.1 Å². The van der Waals surface area contributed by atoms with Crippen molar-refractivity contribution in [1.82, 2.24) is 14.5 Å². The van der Waals surface area contributed by atoms with Crippen molar-refractivity contribution in [3.63, 3.8) is 0 Å². The molecule has 1 heterocycles. The first kappa shape index (κ1) is 25.4. The Morgan fingerprint density at radius 1 is 1.03 bits per heavy atom. The van der Waals surface area contributed by atoms with E-state index >= 15 is 0 Å². The molecule has 0 bridgehead atoms. The van der Waals surface area contributed by atoms with Gasteiger partial charge in [0.1, 0.15) is 0 Å². The Bertz CT molecular complexity index is 1090. The van der Waals surface area contributed by atoms with Crippen molar-refractivity contribution < 1.29 is 22.7 Å². The summed E-state index contributed by atoms with van der Waals surface area (Å²) in [4.78, 5) is 28.8. The van der Waals surface area contributed by atoms with E-state index in [-0.39, 0.29) is 0 Å². The van der Waals surface area contributed by atoms with E-state index in [1.54, 1.807) is 0 Å². The number of rotatable bonds is 5. The molecule has 1 aliphatic heterocycles.